The SMILES string of the molecule is Cc1c(CCO)sc[n+]1C.I. The Bertz CT molecular complexity index is 224. The standard InChI is InChI=1S/C7H12NOS.HI/c1-6-7(3-4-9)10-5-8(6)2;/h5,9H,3-4H2,1-2H3;1H/q+1;. The minimum Gasteiger partial charge on any atom is -0.396 e. The van der Waals surface area contributed by atoms with E-state index < -0.39 is 0 Å². The number of halogens is 1. The van der Waals surface area contributed by atoms with Crippen LogP contribution in [0, 0.1) is 6.92 Å². The molecule has 0 saturated carbocycles. The molecular formula is C7H13INOS+. The van der Waals surface area contributed by atoms with Crippen molar-refractivity contribution in [2.45, 2.75) is 13.3 Å². The maximum Gasteiger partial charge on any atom is 0.224 e. The second kappa shape index (κ2) is 5.05. The van der Waals surface area contributed by atoms with Gasteiger partial charge in [0.25, 0.3) is 0 Å². The highest BCUT2D eigenvalue weighted by Gasteiger charge is 2.09. The third-order valence-electron chi connectivity index (χ3n) is 1.62. The molecule has 0 aliphatic heterocycles. The van der Waals surface area contributed by atoms with Gasteiger partial charge in [0, 0.05) is 20.0 Å². The molecule has 0 atom stereocenters. The highest BCUT2D eigenvalue weighted by Crippen LogP contribution is 2.09. The molecule has 0 unspecified atom stereocenters. The second-order valence-corrected chi connectivity index (χ2v) is 3.26. The van der Waals surface area contributed by atoms with Crippen LogP contribution in [-0.2, 0) is 13.5 Å². The average Bonchev–Trinajstić information content (AvgIpc) is 2.20. The molecule has 1 aromatic heterocycles. The topological polar surface area (TPSA) is 24.1 Å². The number of aliphatic hydroxyl groups is 1. The Balaban J connectivity index is 0.000001000. The lowest BCUT2D eigenvalue weighted by Gasteiger charge is -1.88. The number of aryl methyl sites for hydroxylation is 1. The first-order chi connectivity index (χ1) is 4.75. The Morgan fingerprint density at radius 2 is 2.27 bits per heavy atom. The smallest absolute Gasteiger partial charge is 0.224 e. The Morgan fingerprint density at radius 3 is 2.64 bits per heavy atom. The monoisotopic (exact) mass is 286 g/mol. The van der Waals surface area contributed by atoms with Crippen LogP contribution in [0.1, 0.15) is 10.6 Å². The summed E-state index contributed by atoms with van der Waals surface area (Å²) in [5.41, 5.74) is 3.32. The summed E-state index contributed by atoms with van der Waals surface area (Å²) in [6.07, 6.45) is 0.789. The van der Waals surface area contributed by atoms with E-state index in [1.165, 1.54) is 10.6 Å². The van der Waals surface area contributed by atoms with Crippen molar-refractivity contribution < 1.29 is 9.67 Å². The lowest BCUT2D eigenvalue weighted by Crippen LogP contribution is -2.28. The highest BCUT2D eigenvalue weighted by molar-refractivity contribution is 14.0. The number of nitrogens with zero attached hydrogens (tertiary/aromatic N) is 1. The number of hydrogen-bond acceptors (Lipinski definition) is 2. The Kier molecular flexibility index (Phi) is 5.20. The number of hydrogen-bond donors (Lipinski definition) is 1. The van der Waals surface area contributed by atoms with E-state index in [0.717, 1.165) is 6.42 Å². The van der Waals surface area contributed by atoms with Crippen LogP contribution in [0.3, 0.4) is 0 Å². The van der Waals surface area contributed by atoms with Crippen molar-refractivity contribution in [2.75, 3.05) is 6.61 Å². The number of aromatic nitrogens is 1. The Labute approximate surface area is 87.9 Å². The zero-order chi connectivity index (χ0) is 7.56. The first-order valence-electron chi connectivity index (χ1n) is 3.29. The predicted octanol–water partition coefficient (Wildman–Crippen LogP) is 1.03. The van der Waals surface area contributed by atoms with E-state index in [9.17, 15) is 0 Å². The molecule has 64 valence electrons. The molecule has 0 amide bonds. The molecule has 0 aromatic carbocycles. The van der Waals surface area contributed by atoms with Gasteiger partial charge in [-0.05, 0) is 0 Å². The van der Waals surface area contributed by atoms with Gasteiger partial charge in [-0.1, -0.05) is 11.3 Å². The van der Waals surface area contributed by atoms with Gasteiger partial charge in [-0.25, -0.2) is 0 Å². The van der Waals surface area contributed by atoms with Gasteiger partial charge in [0.05, 0.1) is 4.88 Å². The van der Waals surface area contributed by atoms with Crippen molar-refractivity contribution in [1.82, 2.24) is 0 Å². The zero-order valence-electron chi connectivity index (χ0n) is 6.70. The first kappa shape index (κ1) is 11.3. The number of thiazole rings is 1. The van der Waals surface area contributed by atoms with E-state index in [0.29, 0.717) is 0 Å². The minimum atomic E-state index is 0. The Morgan fingerprint density at radius 1 is 1.64 bits per heavy atom. The normalized spacial score (nSPS) is 9.36. The van der Waals surface area contributed by atoms with Crippen LogP contribution in [0.15, 0.2) is 5.51 Å². The molecule has 1 rings (SSSR count). The average molecular weight is 286 g/mol. The van der Waals surface area contributed by atoms with Gasteiger partial charge in [-0.2, -0.15) is 4.57 Å². The molecule has 0 spiro atoms. The molecule has 0 aliphatic rings. The molecule has 0 fully saturated rings. The molecule has 1 aromatic rings. The molecule has 2 nitrogen and oxygen atoms in total. The van der Waals surface area contributed by atoms with Gasteiger partial charge in [0.15, 0.2) is 5.69 Å². The summed E-state index contributed by atoms with van der Waals surface area (Å²) < 4.78 is 2.08. The Hall–Kier alpha value is 0.320. The summed E-state index contributed by atoms with van der Waals surface area (Å²) in [4.78, 5) is 1.28. The van der Waals surface area contributed by atoms with Crippen molar-refractivity contribution in [3.8, 4) is 0 Å². The zero-order valence-corrected chi connectivity index (χ0v) is 9.85. The van der Waals surface area contributed by atoms with E-state index in [2.05, 4.69) is 17.0 Å². The number of aliphatic hydroxyl groups excluding tert-OH is 1. The molecule has 0 radical (unpaired) electrons. The third kappa shape index (κ3) is 2.68. The summed E-state index contributed by atoms with van der Waals surface area (Å²) >= 11 is 1.70. The third-order valence-corrected chi connectivity index (χ3v) is 2.83. The van der Waals surface area contributed by atoms with E-state index in [4.69, 9.17) is 5.11 Å². The summed E-state index contributed by atoms with van der Waals surface area (Å²) in [6, 6.07) is 0. The van der Waals surface area contributed by atoms with E-state index in [-0.39, 0.29) is 30.6 Å². The maximum atomic E-state index is 8.65. The van der Waals surface area contributed by atoms with Crippen molar-refractivity contribution in [3.05, 3.63) is 16.1 Å². The van der Waals surface area contributed by atoms with Gasteiger partial charge < -0.3 is 5.11 Å². The fourth-order valence-electron chi connectivity index (χ4n) is 0.845. The molecule has 4 heteroatoms. The van der Waals surface area contributed by atoms with E-state index in [1.54, 1.807) is 11.3 Å². The van der Waals surface area contributed by atoms with Gasteiger partial charge in [-0.15, -0.1) is 24.0 Å². The van der Waals surface area contributed by atoms with Crippen LogP contribution in [0.2, 0.25) is 0 Å². The van der Waals surface area contributed by atoms with Crippen LogP contribution in [0.5, 0.6) is 0 Å². The molecule has 11 heavy (non-hydrogen) atoms. The van der Waals surface area contributed by atoms with Gasteiger partial charge >= 0.3 is 0 Å². The predicted molar refractivity (Wildman–Crippen MR) is 56.4 cm³/mol. The van der Waals surface area contributed by atoms with Gasteiger partial charge in [-0.3, -0.25) is 0 Å². The quantitative estimate of drug-likeness (QED) is 0.637. The van der Waals surface area contributed by atoms with E-state index >= 15 is 0 Å². The van der Waals surface area contributed by atoms with Crippen molar-refractivity contribution in [1.29, 1.82) is 0 Å². The highest BCUT2D eigenvalue weighted by atomic mass is 127. The van der Waals surface area contributed by atoms with Crippen LogP contribution < -0.4 is 4.57 Å². The van der Waals surface area contributed by atoms with Gasteiger partial charge in [0.2, 0.25) is 5.51 Å². The molecule has 0 bridgehead atoms. The van der Waals surface area contributed by atoms with Crippen LogP contribution in [-0.4, -0.2) is 11.7 Å². The van der Waals surface area contributed by atoms with Crippen LogP contribution >= 0.6 is 35.3 Å². The minimum absolute atomic E-state index is 0. The summed E-state index contributed by atoms with van der Waals surface area (Å²) in [5.74, 6) is 0. The number of rotatable bonds is 2. The van der Waals surface area contributed by atoms with Crippen molar-refractivity contribution in [2.24, 2.45) is 7.05 Å². The summed E-state index contributed by atoms with van der Waals surface area (Å²) in [6.45, 7) is 2.32. The summed E-state index contributed by atoms with van der Waals surface area (Å²) in [5, 5.41) is 8.65. The van der Waals surface area contributed by atoms with Gasteiger partial charge in [0.1, 0.15) is 7.05 Å². The largest absolute Gasteiger partial charge is 0.396 e. The fraction of sp³-hybridized carbons (Fsp3) is 0.571. The molecule has 1 heterocycles. The lowest BCUT2D eigenvalue weighted by molar-refractivity contribution is -0.672. The summed E-state index contributed by atoms with van der Waals surface area (Å²) in [7, 11) is 2.02. The molecule has 1 N–H and O–H groups in total. The van der Waals surface area contributed by atoms with E-state index in [1.807, 2.05) is 7.05 Å². The van der Waals surface area contributed by atoms with Crippen LogP contribution in [0.25, 0.3) is 0 Å². The lowest BCUT2D eigenvalue weighted by atomic mass is 10.3. The van der Waals surface area contributed by atoms with Crippen LogP contribution in [0.4, 0.5) is 0 Å². The fourth-order valence-corrected chi connectivity index (χ4v) is 1.81. The molecule has 0 aliphatic carbocycles. The second-order valence-electron chi connectivity index (χ2n) is 2.32. The first-order valence-corrected chi connectivity index (χ1v) is 4.17. The maximum absolute atomic E-state index is 8.65. The molecular weight excluding hydrogens is 273 g/mol. The van der Waals surface area contributed by atoms with Crippen molar-refractivity contribution in [3.63, 3.8) is 0 Å². The molecule has 0 saturated heterocycles. The van der Waals surface area contributed by atoms with Crippen molar-refractivity contribution >= 4 is 35.3 Å².